The van der Waals surface area contributed by atoms with Crippen molar-refractivity contribution in [2.45, 2.75) is 52.6 Å². The lowest BCUT2D eigenvalue weighted by Gasteiger charge is -2.29. The van der Waals surface area contributed by atoms with E-state index in [2.05, 4.69) is 29.3 Å². The van der Waals surface area contributed by atoms with Gasteiger partial charge in [-0.3, -0.25) is 4.79 Å². The quantitative estimate of drug-likeness (QED) is 0.774. The molecule has 0 aliphatic carbocycles. The third kappa shape index (κ3) is 5.03. The number of amides is 1. The number of carbonyl (C=O) groups is 1. The van der Waals surface area contributed by atoms with Gasteiger partial charge in [-0.25, -0.2) is 0 Å². The van der Waals surface area contributed by atoms with Gasteiger partial charge >= 0.3 is 0 Å². The first-order valence-electron chi connectivity index (χ1n) is 9.96. The molecule has 2 aromatic carbocycles. The zero-order chi connectivity index (χ0) is 19.2. The Morgan fingerprint density at radius 3 is 2.37 bits per heavy atom. The maximum absolute atomic E-state index is 12.6. The molecule has 4 heteroatoms. The summed E-state index contributed by atoms with van der Waals surface area (Å²) in [6.45, 7) is 8.31. The molecule has 0 radical (unpaired) electrons. The molecule has 0 unspecified atom stereocenters. The summed E-state index contributed by atoms with van der Waals surface area (Å²) >= 11 is 0. The highest BCUT2D eigenvalue weighted by Gasteiger charge is 2.19. The summed E-state index contributed by atoms with van der Waals surface area (Å²) in [5, 5.41) is 2.99. The molecule has 1 fully saturated rings. The molecule has 1 aliphatic heterocycles. The predicted molar refractivity (Wildman–Crippen MR) is 112 cm³/mol. The van der Waals surface area contributed by atoms with Gasteiger partial charge in [-0.05, 0) is 87.1 Å². The first kappa shape index (κ1) is 19.3. The van der Waals surface area contributed by atoms with E-state index in [4.69, 9.17) is 4.74 Å². The zero-order valence-electron chi connectivity index (χ0n) is 16.6. The molecule has 1 saturated heterocycles. The number of nitrogens with one attached hydrogen (secondary N) is 1. The van der Waals surface area contributed by atoms with Crippen molar-refractivity contribution in [3.8, 4) is 5.75 Å². The molecule has 1 N–H and O–H groups in total. The van der Waals surface area contributed by atoms with Gasteiger partial charge in [0.15, 0.2) is 6.10 Å². The van der Waals surface area contributed by atoms with Gasteiger partial charge in [0.2, 0.25) is 0 Å². The summed E-state index contributed by atoms with van der Waals surface area (Å²) in [5.74, 6) is 0.627. The van der Waals surface area contributed by atoms with Crippen LogP contribution in [0.2, 0.25) is 0 Å². The van der Waals surface area contributed by atoms with Crippen LogP contribution in [0.1, 0.15) is 43.7 Å². The minimum absolute atomic E-state index is 0.110. The first-order valence-corrected chi connectivity index (χ1v) is 9.96. The molecule has 4 nitrogen and oxygen atoms in total. The number of rotatable bonds is 6. The van der Waals surface area contributed by atoms with E-state index < -0.39 is 6.10 Å². The van der Waals surface area contributed by atoms with E-state index >= 15 is 0 Å². The summed E-state index contributed by atoms with van der Waals surface area (Å²) in [6.07, 6.45) is 3.95. The normalized spacial score (nSPS) is 15.3. The number of anilines is 2. The zero-order valence-corrected chi connectivity index (χ0v) is 16.6. The van der Waals surface area contributed by atoms with Crippen molar-refractivity contribution < 1.29 is 9.53 Å². The Labute approximate surface area is 162 Å². The average molecular weight is 367 g/mol. The van der Waals surface area contributed by atoms with E-state index in [0.717, 1.165) is 30.1 Å². The monoisotopic (exact) mass is 366 g/mol. The summed E-state index contributed by atoms with van der Waals surface area (Å²) in [4.78, 5) is 15.0. The lowest BCUT2D eigenvalue weighted by atomic mass is 10.1. The predicted octanol–water partition coefficient (Wildman–Crippen LogP) is 5.09. The van der Waals surface area contributed by atoms with Crippen molar-refractivity contribution in [3.05, 3.63) is 53.6 Å². The topological polar surface area (TPSA) is 41.6 Å². The largest absolute Gasteiger partial charge is 0.481 e. The Morgan fingerprint density at radius 2 is 1.74 bits per heavy atom. The first-order chi connectivity index (χ1) is 13.1. The number of nitrogens with zero attached hydrogens (tertiary/aromatic N) is 1. The van der Waals surface area contributed by atoms with Crippen molar-refractivity contribution in [2.24, 2.45) is 0 Å². The molecule has 27 heavy (non-hydrogen) atoms. The van der Waals surface area contributed by atoms with Crippen molar-refractivity contribution >= 4 is 17.3 Å². The standard InChI is InChI=1S/C23H30N2O2/c1-4-22(27-21-13-8-17(2)18(3)16-21)23(26)24-19-9-11-20(12-10-19)25-14-6-5-7-15-25/h8-13,16,22H,4-7,14-15H2,1-3H3,(H,24,26)/t22-/m1/s1. The van der Waals surface area contributed by atoms with Gasteiger partial charge in [-0.2, -0.15) is 0 Å². The molecule has 2 aromatic rings. The number of carbonyl (C=O) groups excluding carboxylic acids is 1. The fourth-order valence-corrected chi connectivity index (χ4v) is 3.40. The second-order valence-corrected chi connectivity index (χ2v) is 7.34. The maximum Gasteiger partial charge on any atom is 0.265 e. The lowest BCUT2D eigenvalue weighted by molar-refractivity contribution is -0.122. The van der Waals surface area contributed by atoms with Crippen molar-refractivity contribution in [2.75, 3.05) is 23.3 Å². The second kappa shape index (κ2) is 8.94. The Kier molecular flexibility index (Phi) is 6.38. The van der Waals surface area contributed by atoms with Crippen LogP contribution in [0.4, 0.5) is 11.4 Å². The number of hydrogen-bond donors (Lipinski definition) is 1. The number of ether oxygens (including phenoxy) is 1. The SMILES string of the molecule is CC[C@@H](Oc1ccc(C)c(C)c1)C(=O)Nc1ccc(N2CCCCC2)cc1. The minimum atomic E-state index is -0.506. The molecule has 3 rings (SSSR count). The molecule has 1 heterocycles. The molecular formula is C23H30N2O2. The number of piperidine rings is 1. The summed E-state index contributed by atoms with van der Waals surface area (Å²) < 4.78 is 5.93. The van der Waals surface area contributed by atoms with E-state index in [1.54, 1.807) is 0 Å². The van der Waals surface area contributed by atoms with Gasteiger partial charge in [0.1, 0.15) is 5.75 Å². The number of hydrogen-bond acceptors (Lipinski definition) is 3. The Bertz CT molecular complexity index is 764. The van der Waals surface area contributed by atoms with Crippen LogP contribution in [0.25, 0.3) is 0 Å². The van der Waals surface area contributed by atoms with Gasteiger partial charge in [0.05, 0.1) is 0 Å². The summed E-state index contributed by atoms with van der Waals surface area (Å²) in [7, 11) is 0. The van der Waals surface area contributed by atoms with Crippen molar-refractivity contribution in [1.82, 2.24) is 0 Å². The van der Waals surface area contributed by atoms with Crippen LogP contribution in [0, 0.1) is 13.8 Å². The van der Waals surface area contributed by atoms with Gasteiger partial charge in [-0.1, -0.05) is 13.0 Å². The van der Waals surface area contributed by atoms with Crippen LogP contribution in [-0.4, -0.2) is 25.1 Å². The van der Waals surface area contributed by atoms with Gasteiger partial charge in [0.25, 0.3) is 5.91 Å². The lowest BCUT2D eigenvalue weighted by Crippen LogP contribution is -2.32. The maximum atomic E-state index is 12.6. The highest BCUT2D eigenvalue weighted by molar-refractivity contribution is 5.94. The number of aryl methyl sites for hydroxylation is 2. The van der Waals surface area contributed by atoms with E-state index in [0.29, 0.717) is 6.42 Å². The van der Waals surface area contributed by atoms with E-state index in [1.165, 1.54) is 30.5 Å². The van der Waals surface area contributed by atoms with Crippen molar-refractivity contribution in [1.29, 1.82) is 0 Å². The summed E-state index contributed by atoms with van der Waals surface area (Å²) in [6, 6.07) is 14.1. The van der Waals surface area contributed by atoms with Crippen LogP contribution < -0.4 is 15.0 Å². The Hall–Kier alpha value is -2.49. The van der Waals surface area contributed by atoms with Crippen LogP contribution in [-0.2, 0) is 4.79 Å². The second-order valence-electron chi connectivity index (χ2n) is 7.34. The van der Waals surface area contributed by atoms with Crippen LogP contribution in [0.5, 0.6) is 5.75 Å². The smallest absolute Gasteiger partial charge is 0.265 e. The fraction of sp³-hybridized carbons (Fsp3) is 0.435. The van der Waals surface area contributed by atoms with Crippen LogP contribution >= 0.6 is 0 Å². The molecule has 1 amide bonds. The van der Waals surface area contributed by atoms with Gasteiger partial charge in [-0.15, -0.1) is 0 Å². The highest BCUT2D eigenvalue weighted by atomic mass is 16.5. The number of benzene rings is 2. The van der Waals surface area contributed by atoms with Crippen molar-refractivity contribution in [3.63, 3.8) is 0 Å². The molecule has 0 bridgehead atoms. The molecule has 0 spiro atoms. The van der Waals surface area contributed by atoms with E-state index in [-0.39, 0.29) is 5.91 Å². The molecule has 1 atom stereocenters. The third-order valence-corrected chi connectivity index (χ3v) is 5.28. The molecule has 1 aliphatic rings. The minimum Gasteiger partial charge on any atom is -0.481 e. The molecule has 0 saturated carbocycles. The summed E-state index contributed by atoms with van der Waals surface area (Å²) in [5.41, 5.74) is 4.42. The van der Waals surface area contributed by atoms with Gasteiger partial charge < -0.3 is 15.0 Å². The van der Waals surface area contributed by atoms with Crippen LogP contribution in [0.3, 0.4) is 0 Å². The molecule has 0 aromatic heterocycles. The molecular weight excluding hydrogens is 336 g/mol. The fourth-order valence-electron chi connectivity index (χ4n) is 3.40. The van der Waals surface area contributed by atoms with E-state index in [9.17, 15) is 4.79 Å². The Morgan fingerprint density at radius 1 is 1.04 bits per heavy atom. The highest BCUT2D eigenvalue weighted by Crippen LogP contribution is 2.23. The van der Waals surface area contributed by atoms with Crippen LogP contribution in [0.15, 0.2) is 42.5 Å². The van der Waals surface area contributed by atoms with Gasteiger partial charge in [0, 0.05) is 24.5 Å². The van der Waals surface area contributed by atoms with E-state index in [1.807, 2.05) is 44.2 Å². The Balaban J connectivity index is 1.61. The molecule has 144 valence electrons. The average Bonchev–Trinajstić information content (AvgIpc) is 2.70. The third-order valence-electron chi connectivity index (χ3n) is 5.28.